The average molecular weight is 399 g/mol. The molecule has 9 heteroatoms. The highest BCUT2D eigenvalue weighted by Gasteiger charge is 2.46. The number of hydrogen-bond acceptors (Lipinski definition) is 4. The highest BCUT2D eigenvalue weighted by atomic mass is 28.5. The van der Waals surface area contributed by atoms with E-state index in [-0.39, 0.29) is 0 Å². The monoisotopic (exact) mass is 398 g/mol. The topological polar surface area (TPSA) is 36.9 Å². The average Bonchev–Trinajstić information content (AvgIpc) is 2.05. The summed E-state index contributed by atoms with van der Waals surface area (Å²) in [4.78, 5) is 0. The third-order valence-corrected chi connectivity index (χ3v) is 20.2. The van der Waals surface area contributed by atoms with Gasteiger partial charge in [0, 0.05) is 0 Å². The molecule has 0 heterocycles. The van der Waals surface area contributed by atoms with E-state index in [4.69, 9.17) is 16.5 Å². The van der Waals surface area contributed by atoms with Crippen molar-refractivity contribution < 1.29 is 16.5 Å². The Morgan fingerprint density at radius 3 is 0.955 bits per heavy atom. The van der Waals surface area contributed by atoms with E-state index in [0.717, 1.165) is 6.04 Å². The largest absolute Gasteiger partial charge is 0.437 e. The van der Waals surface area contributed by atoms with Crippen molar-refractivity contribution in [3.8, 4) is 0 Å². The fourth-order valence-corrected chi connectivity index (χ4v) is 25.6. The van der Waals surface area contributed by atoms with Crippen molar-refractivity contribution in [3.63, 3.8) is 0 Å². The Morgan fingerprint density at radius 2 is 0.773 bits per heavy atom. The Balaban J connectivity index is 5.05. The van der Waals surface area contributed by atoms with E-state index in [1.54, 1.807) is 0 Å². The van der Waals surface area contributed by atoms with Gasteiger partial charge >= 0.3 is 25.7 Å². The summed E-state index contributed by atoms with van der Waals surface area (Å²) in [6, 6.07) is 0.921. The summed E-state index contributed by atoms with van der Waals surface area (Å²) in [6.45, 7) is 26.2. The van der Waals surface area contributed by atoms with Crippen LogP contribution in [0.25, 0.3) is 0 Å². The van der Waals surface area contributed by atoms with Crippen molar-refractivity contribution in [2.45, 2.75) is 85.0 Å². The van der Waals surface area contributed by atoms with Gasteiger partial charge in [0.15, 0.2) is 16.6 Å². The van der Waals surface area contributed by atoms with Crippen molar-refractivity contribution in [1.29, 1.82) is 0 Å². The highest BCUT2D eigenvalue weighted by molar-refractivity contribution is 6.90. The fourth-order valence-electron chi connectivity index (χ4n) is 2.72. The second-order valence-electron chi connectivity index (χ2n) is 8.92. The molecule has 0 N–H and O–H groups in total. The maximum atomic E-state index is 6.54. The minimum Gasteiger partial charge on any atom is -0.437 e. The van der Waals surface area contributed by atoms with E-state index >= 15 is 0 Å². The van der Waals surface area contributed by atoms with Gasteiger partial charge in [-0.05, 0) is 78.1 Å². The molecule has 0 aromatic carbocycles. The van der Waals surface area contributed by atoms with Crippen LogP contribution in [-0.2, 0) is 16.5 Å². The van der Waals surface area contributed by atoms with E-state index in [1.807, 2.05) is 0 Å². The summed E-state index contributed by atoms with van der Waals surface area (Å²) < 4.78 is 25.7. The van der Waals surface area contributed by atoms with Crippen molar-refractivity contribution in [3.05, 3.63) is 0 Å². The smallest absolute Gasteiger partial charge is 0.317 e. The lowest BCUT2D eigenvalue weighted by Gasteiger charge is -2.42. The van der Waals surface area contributed by atoms with Crippen LogP contribution in [0.5, 0.6) is 0 Å². The standard InChI is InChI=1S/C13H38O4Si5/c1-13-22(12,16-20(8,9)14-18(2,3)4)17-21(10,11)15-19(5,6)7/h13H2,1-12H3. The Morgan fingerprint density at radius 1 is 0.500 bits per heavy atom. The summed E-state index contributed by atoms with van der Waals surface area (Å²) in [5, 5.41) is 0. The van der Waals surface area contributed by atoms with Crippen molar-refractivity contribution in [1.82, 2.24) is 0 Å². The summed E-state index contributed by atoms with van der Waals surface area (Å²) >= 11 is 0. The van der Waals surface area contributed by atoms with Gasteiger partial charge in [-0.25, -0.2) is 0 Å². The van der Waals surface area contributed by atoms with Gasteiger partial charge in [-0.3, -0.25) is 0 Å². The zero-order valence-corrected chi connectivity index (χ0v) is 21.8. The van der Waals surface area contributed by atoms with Gasteiger partial charge in [-0.2, -0.15) is 0 Å². The molecule has 0 aromatic rings. The van der Waals surface area contributed by atoms with Crippen LogP contribution in [0.15, 0.2) is 0 Å². The summed E-state index contributed by atoms with van der Waals surface area (Å²) in [6.07, 6.45) is 0. The third-order valence-electron chi connectivity index (χ3n) is 2.67. The molecule has 0 saturated carbocycles. The summed E-state index contributed by atoms with van der Waals surface area (Å²) in [5.74, 6) is 0. The van der Waals surface area contributed by atoms with E-state index in [0.29, 0.717) is 0 Å². The van der Waals surface area contributed by atoms with Crippen molar-refractivity contribution >= 4 is 42.3 Å². The first-order valence-electron chi connectivity index (χ1n) is 8.19. The molecule has 22 heavy (non-hydrogen) atoms. The second-order valence-corrected chi connectivity index (χ2v) is 29.2. The van der Waals surface area contributed by atoms with E-state index < -0.39 is 42.3 Å². The molecule has 0 bridgehead atoms. The van der Waals surface area contributed by atoms with Crippen LogP contribution in [-0.4, -0.2) is 42.3 Å². The molecule has 0 aliphatic rings. The molecule has 134 valence electrons. The lowest BCUT2D eigenvalue weighted by atomic mass is 11.0. The minimum absolute atomic E-state index is 0.921. The van der Waals surface area contributed by atoms with Gasteiger partial charge in [0.25, 0.3) is 0 Å². The van der Waals surface area contributed by atoms with Gasteiger partial charge in [0.05, 0.1) is 0 Å². The van der Waals surface area contributed by atoms with Gasteiger partial charge in [-0.15, -0.1) is 0 Å². The Labute approximate surface area is 143 Å². The number of hydrogen-bond donors (Lipinski definition) is 0. The fraction of sp³-hybridized carbons (Fsp3) is 1.00. The third kappa shape index (κ3) is 10.7. The van der Waals surface area contributed by atoms with Gasteiger partial charge in [0.2, 0.25) is 0 Å². The zero-order chi connectivity index (χ0) is 18.0. The highest BCUT2D eigenvalue weighted by Crippen LogP contribution is 2.28. The van der Waals surface area contributed by atoms with Crippen LogP contribution >= 0.6 is 0 Å². The first-order chi connectivity index (χ1) is 9.39. The molecule has 4 nitrogen and oxygen atoms in total. The van der Waals surface area contributed by atoms with Crippen LogP contribution < -0.4 is 0 Å². The van der Waals surface area contributed by atoms with Gasteiger partial charge in [-0.1, -0.05) is 6.92 Å². The van der Waals surface area contributed by atoms with Crippen LogP contribution in [0, 0.1) is 0 Å². The minimum atomic E-state index is -2.28. The van der Waals surface area contributed by atoms with E-state index in [1.165, 1.54) is 0 Å². The molecule has 0 radical (unpaired) electrons. The molecule has 0 unspecified atom stereocenters. The van der Waals surface area contributed by atoms with E-state index in [2.05, 4.69) is 78.9 Å². The second kappa shape index (κ2) is 7.44. The van der Waals surface area contributed by atoms with Crippen LogP contribution in [0.4, 0.5) is 0 Å². The predicted molar refractivity (Wildman–Crippen MR) is 108 cm³/mol. The first-order valence-corrected chi connectivity index (χ1v) is 23.2. The van der Waals surface area contributed by atoms with Crippen LogP contribution in [0.3, 0.4) is 0 Å². The normalized spacial score (nSPS) is 15.3. The Kier molecular flexibility index (Phi) is 7.75. The molecular formula is C13H38O4Si5. The molecule has 0 aliphatic heterocycles. The maximum Gasteiger partial charge on any atom is 0.317 e. The molecular weight excluding hydrogens is 361 g/mol. The molecule has 0 aliphatic carbocycles. The lowest BCUT2D eigenvalue weighted by Crippen LogP contribution is -2.59. The predicted octanol–water partition coefficient (Wildman–Crippen LogP) is 5.22. The van der Waals surface area contributed by atoms with Crippen LogP contribution in [0.2, 0.25) is 78.1 Å². The van der Waals surface area contributed by atoms with Gasteiger partial charge < -0.3 is 16.5 Å². The quantitative estimate of drug-likeness (QED) is 0.499. The Hall–Kier alpha value is 0.924. The van der Waals surface area contributed by atoms with Crippen molar-refractivity contribution in [2.24, 2.45) is 0 Å². The summed E-state index contributed by atoms with van der Waals surface area (Å²) in [7, 11) is -9.85. The zero-order valence-electron chi connectivity index (χ0n) is 16.8. The molecule has 0 saturated heterocycles. The molecule has 0 rings (SSSR count). The maximum absolute atomic E-state index is 6.54. The van der Waals surface area contributed by atoms with Crippen molar-refractivity contribution in [2.75, 3.05) is 0 Å². The van der Waals surface area contributed by atoms with E-state index in [9.17, 15) is 0 Å². The van der Waals surface area contributed by atoms with Crippen LogP contribution in [0.1, 0.15) is 6.92 Å². The lowest BCUT2D eigenvalue weighted by molar-refractivity contribution is 0.294. The Bertz CT molecular complexity index is 330. The first kappa shape index (κ1) is 22.9. The summed E-state index contributed by atoms with van der Waals surface area (Å²) in [5.41, 5.74) is 0. The number of rotatable bonds is 9. The SMILES string of the molecule is CC[Si](C)(O[Si](C)(C)O[Si](C)(C)C)O[Si](C)(C)O[Si](C)(C)C. The molecule has 0 aromatic heterocycles. The molecule has 0 atom stereocenters. The molecule has 0 fully saturated rings. The molecule has 0 amide bonds. The molecule has 0 spiro atoms. The van der Waals surface area contributed by atoms with Gasteiger partial charge in [0.1, 0.15) is 0 Å².